The maximum absolute atomic E-state index is 11.2. The van der Waals surface area contributed by atoms with E-state index in [0.29, 0.717) is 5.33 Å². The number of halogens is 2. The van der Waals surface area contributed by atoms with Gasteiger partial charge in [0.25, 0.3) is 0 Å². The van der Waals surface area contributed by atoms with Crippen LogP contribution in [0.25, 0.3) is 0 Å². The second-order valence-electron chi connectivity index (χ2n) is 2.25. The molecule has 0 spiro atoms. The number of alkyl halides is 1. The van der Waals surface area contributed by atoms with Crippen molar-refractivity contribution < 1.29 is 4.79 Å². The Morgan fingerprint density at radius 3 is 2.14 bits per heavy atom. The van der Waals surface area contributed by atoms with Crippen LogP contribution in [0.4, 0.5) is 0 Å². The van der Waals surface area contributed by atoms with E-state index >= 15 is 0 Å². The van der Waals surface area contributed by atoms with Crippen molar-refractivity contribution in [1.82, 2.24) is 0 Å². The summed E-state index contributed by atoms with van der Waals surface area (Å²) in [5.41, 5.74) is 0.844. The Hall–Kier alpha value is 0.110. The van der Waals surface area contributed by atoms with Gasteiger partial charge in [-0.15, -0.1) is 0 Å². The van der Waals surface area contributed by atoms with E-state index in [-0.39, 0.29) is 5.78 Å². The van der Waals surface area contributed by atoms with Gasteiger partial charge in [0.15, 0.2) is 5.78 Å². The highest BCUT2D eigenvalue weighted by atomic mass is 79.9. The first-order valence-electron chi connectivity index (χ1n) is 4.77. The maximum Gasteiger partial charge on any atom is 0.169 e. The molecular formula is C11H18Br2O. The van der Waals surface area contributed by atoms with Gasteiger partial charge < -0.3 is 0 Å². The molecule has 0 aromatic carbocycles. The molecule has 0 fully saturated rings. The van der Waals surface area contributed by atoms with E-state index in [1.165, 1.54) is 0 Å². The number of hydrogen-bond donors (Lipinski definition) is 0. The van der Waals surface area contributed by atoms with Gasteiger partial charge in [0, 0.05) is 4.48 Å². The molecule has 3 heteroatoms. The summed E-state index contributed by atoms with van der Waals surface area (Å²) in [4.78, 5) is 11.2. The van der Waals surface area contributed by atoms with Crippen LogP contribution in [0.5, 0.6) is 0 Å². The fourth-order valence-electron chi connectivity index (χ4n) is 0.715. The predicted molar refractivity (Wildman–Crippen MR) is 71.2 cm³/mol. The molecule has 0 aliphatic carbocycles. The van der Waals surface area contributed by atoms with Crippen molar-refractivity contribution in [2.45, 2.75) is 34.1 Å². The van der Waals surface area contributed by atoms with Gasteiger partial charge in [0.1, 0.15) is 0 Å². The van der Waals surface area contributed by atoms with Gasteiger partial charge >= 0.3 is 0 Å². The summed E-state index contributed by atoms with van der Waals surface area (Å²) in [6, 6.07) is 0. The Labute approximate surface area is 104 Å². The molecule has 82 valence electrons. The number of ketones is 1. The summed E-state index contributed by atoms with van der Waals surface area (Å²) in [5, 5.41) is 0.399. The second kappa shape index (κ2) is 11.2. The highest BCUT2D eigenvalue weighted by Gasteiger charge is 2.04. The van der Waals surface area contributed by atoms with Crippen molar-refractivity contribution in [2.75, 3.05) is 5.33 Å². The first-order valence-corrected chi connectivity index (χ1v) is 6.68. The SMILES string of the molecule is C/C=C(Br)\C=C(/CC)C(=O)CBr.CC. The number of carbonyl (C=O) groups excluding carboxylic acids is 1. The van der Waals surface area contributed by atoms with Crippen molar-refractivity contribution in [3.8, 4) is 0 Å². The molecule has 0 amide bonds. The summed E-state index contributed by atoms with van der Waals surface area (Å²) >= 11 is 6.48. The summed E-state index contributed by atoms with van der Waals surface area (Å²) in [6.45, 7) is 7.90. The zero-order valence-electron chi connectivity index (χ0n) is 9.23. The van der Waals surface area contributed by atoms with Crippen molar-refractivity contribution in [3.63, 3.8) is 0 Å². The average Bonchev–Trinajstić information content (AvgIpc) is 2.27. The van der Waals surface area contributed by atoms with Gasteiger partial charge in [-0.25, -0.2) is 0 Å². The Kier molecular flexibility index (Phi) is 13.2. The predicted octanol–water partition coefficient (Wildman–Crippen LogP) is 4.61. The number of allylic oxidation sites excluding steroid dienone is 4. The molecule has 0 radical (unpaired) electrons. The maximum atomic E-state index is 11.2. The van der Waals surface area contributed by atoms with Gasteiger partial charge in [-0.3, -0.25) is 4.79 Å². The normalized spacial score (nSPS) is 11.9. The van der Waals surface area contributed by atoms with Crippen LogP contribution in [0.15, 0.2) is 22.2 Å². The Morgan fingerprint density at radius 2 is 1.86 bits per heavy atom. The smallest absolute Gasteiger partial charge is 0.169 e. The van der Waals surface area contributed by atoms with Crippen LogP contribution in [0.3, 0.4) is 0 Å². The number of Topliss-reactive ketones (excluding diaryl/α,β-unsaturated/α-hetero) is 1. The van der Waals surface area contributed by atoms with Gasteiger partial charge in [-0.2, -0.15) is 0 Å². The monoisotopic (exact) mass is 324 g/mol. The van der Waals surface area contributed by atoms with Crippen LogP contribution in [-0.4, -0.2) is 11.1 Å². The molecule has 0 aromatic rings. The Morgan fingerprint density at radius 1 is 1.36 bits per heavy atom. The lowest BCUT2D eigenvalue weighted by molar-refractivity contribution is -0.113. The van der Waals surface area contributed by atoms with Crippen molar-refractivity contribution in [3.05, 3.63) is 22.2 Å². The van der Waals surface area contributed by atoms with Crippen molar-refractivity contribution in [1.29, 1.82) is 0 Å². The van der Waals surface area contributed by atoms with E-state index in [0.717, 1.165) is 16.5 Å². The molecule has 0 N–H and O–H groups in total. The van der Waals surface area contributed by atoms with Crippen LogP contribution < -0.4 is 0 Å². The molecule has 0 unspecified atom stereocenters. The summed E-state index contributed by atoms with van der Waals surface area (Å²) in [5.74, 6) is 0.149. The number of carbonyl (C=O) groups is 1. The third-order valence-corrected chi connectivity index (χ3v) is 2.64. The second-order valence-corrected chi connectivity index (χ2v) is 3.73. The molecule has 1 nitrogen and oxygen atoms in total. The molecule has 0 atom stereocenters. The third-order valence-electron chi connectivity index (χ3n) is 1.45. The first kappa shape index (κ1) is 16.5. The summed E-state index contributed by atoms with van der Waals surface area (Å²) in [6.07, 6.45) is 4.55. The minimum absolute atomic E-state index is 0.149. The van der Waals surface area contributed by atoms with Crippen LogP contribution in [0.2, 0.25) is 0 Å². The van der Waals surface area contributed by atoms with E-state index in [1.807, 2.05) is 39.8 Å². The molecule has 0 aromatic heterocycles. The van der Waals surface area contributed by atoms with Gasteiger partial charge in [-0.1, -0.05) is 58.7 Å². The van der Waals surface area contributed by atoms with E-state index < -0.39 is 0 Å². The molecule has 0 aliphatic rings. The molecule has 14 heavy (non-hydrogen) atoms. The fraction of sp³-hybridized carbons (Fsp3) is 0.545. The molecule has 0 bridgehead atoms. The van der Waals surface area contributed by atoms with E-state index in [9.17, 15) is 4.79 Å². The third kappa shape index (κ3) is 7.51. The zero-order valence-corrected chi connectivity index (χ0v) is 12.4. The first-order chi connectivity index (χ1) is 6.65. The minimum Gasteiger partial charge on any atom is -0.294 e. The van der Waals surface area contributed by atoms with Gasteiger partial charge in [-0.05, 0) is 25.0 Å². The van der Waals surface area contributed by atoms with Crippen LogP contribution in [0.1, 0.15) is 34.1 Å². The Balaban J connectivity index is 0. The van der Waals surface area contributed by atoms with Crippen LogP contribution >= 0.6 is 31.9 Å². The Bertz CT molecular complexity index is 217. The van der Waals surface area contributed by atoms with Crippen LogP contribution in [-0.2, 0) is 4.79 Å². The fourth-order valence-corrected chi connectivity index (χ4v) is 1.35. The summed E-state index contributed by atoms with van der Waals surface area (Å²) < 4.78 is 0.952. The lowest BCUT2D eigenvalue weighted by atomic mass is 10.1. The lowest BCUT2D eigenvalue weighted by Gasteiger charge is -1.99. The highest BCUT2D eigenvalue weighted by molar-refractivity contribution is 9.11. The highest BCUT2D eigenvalue weighted by Crippen LogP contribution is 2.13. The molecule has 0 aliphatic heterocycles. The quantitative estimate of drug-likeness (QED) is 0.419. The van der Waals surface area contributed by atoms with Crippen molar-refractivity contribution in [2.24, 2.45) is 0 Å². The zero-order chi connectivity index (χ0) is 11.6. The molecule has 0 rings (SSSR count). The standard InChI is InChI=1S/C9H12Br2O.C2H6/c1-3-7(9(12)6-10)5-8(11)4-2;1-2/h4-5H,3,6H2,1-2H3;1-2H3/b7-5+,8-4+;. The van der Waals surface area contributed by atoms with E-state index in [2.05, 4.69) is 31.9 Å². The van der Waals surface area contributed by atoms with Crippen molar-refractivity contribution >= 4 is 37.6 Å². The van der Waals surface area contributed by atoms with E-state index in [1.54, 1.807) is 0 Å². The molecule has 0 saturated carbocycles. The molecular weight excluding hydrogens is 308 g/mol. The summed E-state index contributed by atoms with van der Waals surface area (Å²) in [7, 11) is 0. The molecule has 0 saturated heterocycles. The minimum atomic E-state index is 0.149. The van der Waals surface area contributed by atoms with E-state index in [4.69, 9.17) is 0 Å². The largest absolute Gasteiger partial charge is 0.294 e. The number of rotatable bonds is 4. The van der Waals surface area contributed by atoms with Crippen LogP contribution in [0, 0.1) is 0 Å². The number of hydrogen-bond acceptors (Lipinski definition) is 1. The molecule has 0 heterocycles. The van der Waals surface area contributed by atoms with Gasteiger partial charge in [0.2, 0.25) is 0 Å². The lowest BCUT2D eigenvalue weighted by Crippen LogP contribution is -2.02. The topological polar surface area (TPSA) is 17.1 Å². The van der Waals surface area contributed by atoms with Gasteiger partial charge in [0.05, 0.1) is 5.33 Å². The average molecular weight is 326 g/mol.